The molecular formula is C25H28FN3O3S. The van der Waals surface area contributed by atoms with Crippen LogP contribution in [0.5, 0.6) is 0 Å². The maximum Gasteiger partial charge on any atom is 0.303 e. The molecule has 0 spiro atoms. The predicted octanol–water partition coefficient (Wildman–Crippen LogP) is 4.44. The highest BCUT2D eigenvalue weighted by atomic mass is 32.2. The predicted molar refractivity (Wildman–Crippen MR) is 129 cm³/mol. The molecule has 1 amide bonds. The minimum absolute atomic E-state index is 0.0417. The van der Waals surface area contributed by atoms with Crippen LogP contribution in [0.3, 0.4) is 0 Å². The first-order valence-electron chi connectivity index (χ1n) is 10.5. The maximum atomic E-state index is 14.4. The monoisotopic (exact) mass is 469 g/mol. The zero-order valence-corrected chi connectivity index (χ0v) is 19.9. The highest BCUT2D eigenvalue weighted by Crippen LogP contribution is 2.25. The first-order valence-corrected chi connectivity index (χ1v) is 11.9. The minimum Gasteiger partial charge on any atom is -0.346 e. The first-order chi connectivity index (χ1) is 15.6. The van der Waals surface area contributed by atoms with Crippen molar-refractivity contribution in [2.45, 2.75) is 26.4 Å². The average Bonchev–Trinajstić information content (AvgIpc) is 2.78. The van der Waals surface area contributed by atoms with E-state index in [0.29, 0.717) is 11.1 Å². The van der Waals surface area contributed by atoms with Gasteiger partial charge in [-0.05, 0) is 49.2 Å². The zero-order chi connectivity index (χ0) is 24.2. The molecule has 0 bridgehead atoms. The van der Waals surface area contributed by atoms with Crippen molar-refractivity contribution in [3.63, 3.8) is 0 Å². The van der Waals surface area contributed by atoms with E-state index in [1.165, 1.54) is 32.3 Å². The van der Waals surface area contributed by atoms with Crippen LogP contribution in [-0.2, 0) is 16.8 Å². The molecule has 0 aliphatic heterocycles. The van der Waals surface area contributed by atoms with Crippen LogP contribution in [0.2, 0.25) is 0 Å². The normalized spacial score (nSPS) is 12.4. The topological polar surface area (TPSA) is 69.7 Å². The molecule has 0 aliphatic carbocycles. The summed E-state index contributed by atoms with van der Waals surface area (Å²) in [7, 11) is -1.15. The summed E-state index contributed by atoms with van der Waals surface area (Å²) in [6.07, 6.45) is 0. The number of rotatable bonds is 8. The van der Waals surface area contributed by atoms with E-state index in [1.807, 2.05) is 38.1 Å². The van der Waals surface area contributed by atoms with E-state index in [9.17, 15) is 17.6 Å². The van der Waals surface area contributed by atoms with Crippen molar-refractivity contribution < 1.29 is 17.6 Å². The van der Waals surface area contributed by atoms with E-state index in [1.54, 1.807) is 30.3 Å². The Kier molecular flexibility index (Phi) is 7.50. The molecule has 174 valence electrons. The second-order valence-corrected chi connectivity index (χ2v) is 10.1. The molecule has 1 N–H and O–H groups in total. The quantitative estimate of drug-likeness (QED) is 0.530. The number of hydrogen-bond donors (Lipinski definition) is 1. The molecule has 0 unspecified atom stereocenters. The number of benzene rings is 3. The van der Waals surface area contributed by atoms with Gasteiger partial charge in [-0.1, -0.05) is 54.1 Å². The van der Waals surface area contributed by atoms with Crippen LogP contribution < -0.4 is 9.62 Å². The van der Waals surface area contributed by atoms with E-state index >= 15 is 0 Å². The molecule has 0 heterocycles. The molecular weight excluding hydrogens is 441 g/mol. The molecule has 8 heteroatoms. The molecule has 3 rings (SSSR count). The van der Waals surface area contributed by atoms with Gasteiger partial charge in [0.1, 0.15) is 5.82 Å². The Labute approximate surface area is 194 Å². The molecule has 0 fully saturated rings. The van der Waals surface area contributed by atoms with Crippen LogP contribution in [0, 0.1) is 12.7 Å². The van der Waals surface area contributed by atoms with Gasteiger partial charge >= 0.3 is 10.2 Å². The molecule has 3 aromatic rings. The Morgan fingerprint density at radius 2 is 1.58 bits per heavy atom. The summed E-state index contributed by atoms with van der Waals surface area (Å²) in [6.45, 7) is 3.84. The lowest BCUT2D eigenvalue weighted by molar-refractivity contribution is 0.0940. The van der Waals surface area contributed by atoms with Crippen molar-refractivity contribution in [3.05, 3.63) is 101 Å². The molecule has 0 saturated carbocycles. The fourth-order valence-electron chi connectivity index (χ4n) is 3.29. The van der Waals surface area contributed by atoms with Gasteiger partial charge < -0.3 is 5.32 Å². The third-order valence-corrected chi connectivity index (χ3v) is 7.13. The van der Waals surface area contributed by atoms with E-state index in [0.717, 1.165) is 19.7 Å². The molecule has 1 atom stereocenters. The van der Waals surface area contributed by atoms with Gasteiger partial charge in [0.15, 0.2) is 0 Å². The van der Waals surface area contributed by atoms with Crippen LogP contribution in [0.4, 0.5) is 10.1 Å². The van der Waals surface area contributed by atoms with E-state index in [4.69, 9.17) is 0 Å². The summed E-state index contributed by atoms with van der Waals surface area (Å²) in [5.41, 5.74) is 3.17. The lowest BCUT2D eigenvalue weighted by Gasteiger charge is -2.27. The summed E-state index contributed by atoms with van der Waals surface area (Å²) in [4.78, 5) is 12.7. The van der Waals surface area contributed by atoms with Gasteiger partial charge in [0.25, 0.3) is 5.91 Å². The molecule has 0 aliphatic rings. The highest BCUT2D eigenvalue weighted by Gasteiger charge is 2.27. The number of carbonyl (C=O) groups excluding carboxylic acids is 1. The van der Waals surface area contributed by atoms with E-state index in [2.05, 4.69) is 5.32 Å². The van der Waals surface area contributed by atoms with Crippen molar-refractivity contribution in [1.29, 1.82) is 0 Å². The molecule has 0 radical (unpaired) electrons. The van der Waals surface area contributed by atoms with Crippen LogP contribution >= 0.6 is 0 Å². The van der Waals surface area contributed by atoms with Gasteiger partial charge in [0.2, 0.25) is 0 Å². The van der Waals surface area contributed by atoms with Crippen LogP contribution in [0.1, 0.15) is 40.0 Å². The van der Waals surface area contributed by atoms with Crippen molar-refractivity contribution in [3.8, 4) is 0 Å². The van der Waals surface area contributed by atoms with Gasteiger partial charge in [-0.3, -0.25) is 9.10 Å². The number of para-hydroxylation sites is 1. The largest absolute Gasteiger partial charge is 0.346 e. The third-order valence-electron chi connectivity index (χ3n) is 5.33. The van der Waals surface area contributed by atoms with Gasteiger partial charge in [-0.15, -0.1) is 0 Å². The summed E-state index contributed by atoms with van der Waals surface area (Å²) in [5.74, 6) is -0.870. The Morgan fingerprint density at radius 1 is 0.970 bits per heavy atom. The van der Waals surface area contributed by atoms with Gasteiger partial charge in [-0.2, -0.15) is 12.7 Å². The Hall–Kier alpha value is -3.23. The fraction of sp³-hybridized carbons (Fsp3) is 0.240. The maximum absolute atomic E-state index is 14.4. The van der Waals surface area contributed by atoms with Crippen molar-refractivity contribution in [1.82, 2.24) is 9.62 Å². The second-order valence-electron chi connectivity index (χ2n) is 8.05. The lowest BCUT2D eigenvalue weighted by atomic mass is 10.1. The fourth-order valence-corrected chi connectivity index (χ4v) is 4.39. The van der Waals surface area contributed by atoms with Crippen molar-refractivity contribution >= 4 is 21.8 Å². The van der Waals surface area contributed by atoms with Gasteiger partial charge in [0, 0.05) is 19.7 Å². The van der Waals surface area contributed by atoms with Crippen LogP contribution in [0.25, 0.3) is 0 Å². The number of nitrogens with one attached hydrogen (secondary N) is 1. The Bertz CT molecular complexity index is 1210. The van der Waals surface area contributed by atoms with Crippen LogP contribution in [-0.4, -0.2) is 32.7 Å². The smallest absolute Gasteiger partial charge is 0.303 e. The minimum atomic E-state index is -3.94. The van der Waals surface area contributed by atoms with E-state index in [-0.39, 0.29) is 24.2 Å². The molecule has 0 aromatic heterocycles. The number of aryl methyl sites for hydroxylation is 1. The van der Waals surface area contributed by atoms with Gasteiger partial charge in [0.05, 0.1) is 18.3 Å². The standard InChI is InChI=1S/C25H28FN3O3S/c1-18-9-13-21(14-10-18)19(2)27-25(30)22-15-11-20(12-16-22)17-29(33(31,32)28(3)4)24-8-6-5-7-23(24)26/h5-16,19H,17H2,1-4H3,(H,27,30)/t19-/m0/s1. The van der Waals surface area contributed by atoms with Crippen molar-refractivity contribution in [2.75, 3.05) is 18.4 Å². The lowest BCUT2D eigenvalue weighted by Crippen LogP contribution is -2.40. The summed E-state index contributed by atoms with van der Waals surface area (Å²) in [6, 6.07) is 20.1. The Morgan fingerprint density at radius 3 is 2.15 bits per heavy atom. The average molecular weight is 470 g/mol. The molecule has 33 heavy (non-hydrogen) atoms. The molecule has 6 nitrogen and oxygen atoms in total. The summed E-state index contributed by atoms with van der Waals surface area (Å²) in [5, 5.41) is 2.96. The first kappa shape index (κ1) is 24.4. The highest BCUT2D eigenvalue weighted by molar-refractivity contribution is 7.90. The number of hydrogen-bond acceptors (Lipinski definition) is 3. The molecule has 3 aromatic carbocycles. The Balaban J connectivity index is 1.78. The SMILES string of the molecule is Cc1ccc([C@H](C)NC(=O)c2ccc(CN(c3ccccc3F)S(=O)(=O)N(C)C)cc2)cc1. The molecule has 0 saturated heterocycles. The number of amides is 1. The second kappa shape index (κ2) is 10.1. The summed E-state index contributed by atoms with van der Waals surface area (Å²) < 4.78 is 42.2. The number of halogens is 1. The van der Waals surface area contributed by atoms with Crippen molar-refractivity contribution in [2.24, 2.45) is 0 Å². The number of anilines is 1. The van der Waals surface area contributed by atoms with Crippen LogP contribution in [0.15, 0.2) is 72.8 Å². The number of nitrogens with zero attached hydrogens (tertiary/aromatic N) is 2. The van der Waals surface area contributed by atoms with E-state index < -0.39 is 16.0 Å². The summed E-state index contributed by atoms with van der Waals surface area (Å²) >= 11 is 0. The third kappa shape index (κ3) is 5.77. The zero-order valence-electron chi connectivity index (χ0n) is 19.1. The van der Waals surface area contributed by atoms with Gasteiger partial charge in [-0.25, -0.2) is 4.39 Å². The number of carbonyl (C=O) groups is 1.